The molecule has 5 rings (SSSR count). The van der Waals surface area contributed by atoms with Crippen LogP contribution >= 0.6 is 11.8 Å². The Bertz CT molecular complexity index is 1270. The van der Waals surface area contributed by atoms with Crippen LogP contribution in [0, 0.1) is 6.92 Å². The maximum atomic E-state index is 13.2. The maximum Gasteiger partial charge on any atom is 0.244 e. The first-order chi connectivity index (χ1) is 18.0. The Kier molecular flexibility index (Phi) is 7.76. The Morgan fingerprint density at radius 3 is 2.73 bits per heavy atom. The smallest absolute Gasteiger partial charge is 0.244 e. The van der Waals surface area contributed by atoms with Crippen LogP contribution in [0.15, 0.2) is 65.6 Å². The summed E-state index contributed by atoms with van der Waals surface area (Å²) < 4.78 is 22.8. The van der Waals surface area contributed by atoms with E-state index < -0.39 is 0 Å². The molecule has 37 heavy (non-hydrogen) atoms. The third-order valence-electron chi connectivity index (χ3n) is 6.50. The summed E-state index contributed by atoms with van der Waals surface area (Å²) in [5, 5.41) is -0.328. The SMILES string of the molecule is Cc1ccc(OCCCN(C)CCOc2ccc3c(c2)OCO3)c([C@H]2Sc3ccccc3N(C)C2=O)c1. The summed E-state index contributed by atoms with van der Waals surface area (Å²) in [6.07, 6.45) is 0.863. The number of anilines is 1. The standard InChI is InChI=1S/C29H32N2O5S/c1-20-9-11-24(22(17-20)28-29(32)31(3)23-7-4-5-8-27(23)37-28)34-15-6-13-30(2)14-16-33-21-10-12-25-26(18-21)36-19-35-25/h4-5,7-12,17-18,28H,6,13-16,19H2,1-3H3/t28-/m1/s1. The molecule has 0 radical (unpaired) electrons. The molecule has 1 amide bonds. The molecule has 2 aliphatic rings. The Morgan fingerprint density at radius 2 is 1.84 bits per heavy atom. The Balaban J connectivity index is 1.12. The number of amides is 1. The molecule has 194 valence electrons. The average molecular weight is 521 g/mol. The van der Waals surface area contributed by atoms with Crippen LogP contribution in [0.25, 0.3) is 0 Å². The van der Waals surface area contributed by atoms with Crippen LogP contribution in [-0.4, -0.2) is 58.0 Å². The first kappa shape index (κ1) is 25.3. The highest BCUT2D eigenvalue weighted by Gasteiger charge is 2.34. The summed E-state index contributed by atoms with van der Waals surface area (Å²) in [7, 11) is 3.92. The van der Waals surface area contributed by atoms with E-state index >= 15 is 0 Å². The zero-order valence-corrected chi connectivity index (χ0v) is 22.3. The normalized spacial score (nSPS) is 16.2. The van der Waals surface area contributed by atoms with Gasteiger partial charge in [-0.05, 0) is 50.7 Å². The molecular weight excluding hydrogens is 488 g/mol. The van der Waals surface area contributed by atoms with E-state index in [4.69, 9.17) is 18.9 Å². The number of likely N-dealkylation sites (N-methyl/N-ethyl adjacent to an activating group) is 2. The lowest BCUT2D eigenvalue weighted by Gasteiger charge is -2.32. The molecule has 0 unspecified atom stereocenters. The van der Waals surface area contributed by atoms with E-state index in [-0.39, 0.29) is 18.0 Å². The molecule has 3 aromatic carbocycles. The molecule has 0 aliphatic carbocycles. The van der Waals surface area contributed by atoms with Crippen molar-refractivity contribution in [2.24, 2.45) is 0 Å². The molecule has 0 saturated carbocycles. The third-order valence-corrected chi connectivity index (χ3v) is 7.79. The number of nitrogens with zero attached hydrogens (tertiary/aromatic N) is 2. The molecule has 1 atom stereocenters. The monoisotopic (exact) mass is 520 g/mol. The highest BCUT2D eigenvalue weighted by molar-refractivity contribution is 8.00. The van der Waals surface area contributed by atoms with Gasteiger partial charge in [0.1, 0.15) is 23.4 Å². The number of fused-ring (bicyclic) bond motifs is 2. The summed E-state index contributed by atoms with van der Waals surface area (Å²) in [5.41, 5.74) is 3.00. The van der Waals surface area contributed by atoms with Gasteiger partial charge in [-0.1, -0.05) is 29.8 Å². The summed E-state index contributed by atoms with van der Waals surface area (Å²) in [5.74, 6) is 3.10. The van der Waals surface area contributed by atoms with Gasteiger partial charge in [0.25, 0.3) is 0 Å². The van der Waals surface area contributed by atoms with E-state index in [1.807, 2.05) is 62.5 Å². The van der Waals surface area contributed by atoms with Gasteiger partial charge in [0, 0.05) is 36.7 Å². The number of hydrogen-bond acceptors (Lipinski definition) is 7. The van der Waals surface area contributed by atoms with Crippen LogP contribution in [0.1, 0.15) is 22.8 Å². The van der Waals surface area contributed by atoms with Crippen molar-refractivity contribution in [2.75, 3.05) is 52.1 Å². The lowest BCUT2D eigenvalue weighted by molar-refractivity contribution is -0.118. The Morgan fingerprint density at radius 1 is 1.00 bits per heavy atom. The number of carbonyl (C=O) groups is 1. The van der Waals surface area contributed by atoms with Gasteiger partial charge in [-0.25, -0.2) is 0 Å². The molecule has 0 spiro atoms. The maximum absolute atomic E-state index is 13.2. The molecule has 2 heterocycles. The van der Waals surface area contributed by atoms with Gasteiger partial charge in [0.05, 0.1) is 12.3 Å². The lowest BCUT2D eigenvalue weighted by Crippen LogP contribution is -2.34. The fourth-order valence-corrected chi connectivity index (χ4v) is 5.73. The van der Waals surface area contributed by atoms with Gasteiger partial charge >= 0.3 is 0 Å². The average Bonchev–Trinajstić information content (AvgIpc) is 3.37. The largest absolute Gasteiger partial charge is 0.493 e. The first-order valence-electron chi connectivity index (χ1n) is 12.5. The van der Waals surface area contributed by atoms with E-state index in [2.05, 4.69) is 24.1 Å². The van der Waals surface area contributed by atoms with Crippen LogP contribution in [0.3, 0.4) is 0 Å². The first-order valence-corrected chi connectivity index (χ1v) is 13.3. The number of thioether (sulfide) groups is 1. The molecule has 8 heteroatoms. The van der Waals surface area contributed by atoms with Crippen molar-refractivity contribution < 1.29 is 23.7 Å². The second-order valence-electron chi connectivity index (χ2n) is 9.27. The van der Waals surface area contributed by atoms with Crippen LogP contribution in [0.2, 0.25) is 0 Å². The van der Waals surface area contributed by atoms with E-state index in [1.165, 1.54) is 0 Å². The fourth-order valence-electron chi connectivity index (χ4n) is 4.42. The van der Waals surface area contributed by atoms with Crippen molar-refractivity contribution in [1.29, 1.82) is 0 Å². The zero-order valence-electron chi connectivity index (χ0n) is 21.4. The predicted molar refractivity (Wildman–Crippen MR) is 145 cm³/mol. The summed E-state index contributed by atoms with van der Waals surface area (Å²) in [4.78, 5) is 18.3. The second kappa shape index (κ2) is 11.4. The molecule has 0 fully saturated rings. The quantitative estimate of drug-likeness (QED) is 0.336. The van der Waals surface area contributed by atoms with E-state index in [0.29, 0.717) is 13.2 Å². The molecule has 0 saturated heterocycles. The number of hydrogen-bond donors (Lipinski definition) is 0. The van der Waals surface area contributed by atoms with Crippen molar-refractivity contribution in [1.82, 2.24) is 4.90 Å². The van der Waals surface area contributed by atoms with Crippen LogP contribution in [0.5, 0.6) is 23.0 Å². The molecule has 7 nitrogen and oxygen atoms in total. The Hall–Kier alpha value is -3.36. The second-order valence-corrected chi connectivity index (χ2v) is 10.4. The number of carbonyl (C=O) groups excluding carboxylic acids is 1. The van der Waals surface area contributed by atoms with Gasteiger partial charge in [-0.15, -0.1) is 11.8 Å². The van der Waals surface area contributed by atoms with Gasteiger partial charge < -0.3 is 28.7 Å². The Labute approximate surface area is 222 Å². The summed E-state index contributed by atoms with van der Waals surface area (Å²) in [6.45, 7) is 5.12. The third kappa shape index (κ3) is 5.81. The molecule has 2 aliphatic heterocycles. The van der Waals surface area contributed by atoms with Gasteiger partial charge in [0.15, 0.2) is 11.5 Å². The topological polar surface area (TPSA) is 60.5 Å². The number of aryl methyl sites for hydroxylation is 1. The van der Waals surface area contributed by atoms with Gasteiger partial charge in [-0.2, -0.15) is 0 Å². The molecule has 3 aromatic rings. The predicted octanol–water partition coefficient (Wildman–Crippen LogP) is 5.31. The molecule has 0 N–H and O–H groups in total. The lowest BCUT2D eigenvalue weighted by atomic mass is 10.1. The summed E-state index contributed by atoms with van der Waals surface area (Å²) in [6, 6.07) is 19.8. The highest BCUT2D eigenvalue weighted by Crippen LogP contribution is 2.48. The zero-order chi connectivity index (χ0) is 25.8. The summed E-state index contributed by atoms with van der Waals surface area (Å²) >= 11 is 1.59. The van der Waals surface area contributed by atoms with Crippen molar-refractivity contribution >= 4 is 23.4 Å². The van der Waals surface area contributed by atoms with Crippen LogP contribution in [0.4, 0.5) is 5.69 Å². The van der Waals surface area contributed by atoms with E-state index in [0.717, 1.165) is 64.2 Å². The van der Waals surface area contributed by atoms with Crippen LogP contribution < -0.4 is 23.8 Å². The van der Waals surface area contributed by atoms with E-state index in [9.17, 15) is 4.79 Å². The number of rotatable bonds is 10. The molecule has 0 aromatic heterocycles. The molecular formula is C29H32N2O5S. The minimum atomic E-state index is -0.328. The van der Waals surface area contributed by atoms with Gasteiger partial charge in [-0.3, -0.25) is 4.79 Å². The van der Waals surface area contributed by atoms with Crippen molar-refractivity contribution in [2.45, 2.75) is 23.5 Å². The number of benzene rings is 3. The number of ether oxygens (including phenoxy) is 4. The van der Waals surface area contributed by atoms with Crippen LogP contribution in [-0.2, 0) is 4.79 Å². The fraction of sp³-hybridized carbons (Fsp3) is 0.345. The van der Waals surface area contributed by atoms with Crippen molar-refractivity contribution in [3.8, 4) is 23.0 Å². The number of para-hydroxylation sites is 1. The van der Waals surface area contributed by atoms with Crippen molar-refractivity contribution in [3.63, 3.8) is 0 Å². The highest BCUT2D eigenvalue weighted by atomic mass is 32.2. The molecule has 0 bridgehead atoms. The van der Waals surface area contributed by atoms with Crippen molar-refractivity contribution in [3.05, 3.63) is 71.8 Å². The minimum Gasteiger partial charge on any atom is -0.493 e. The van der Waals surface area contributed by atoms with E-state index in [1.54, 1.807) is 16.7 Å². The van der Waals surface area contributed by atoms with Gasteiger partial charge in [0.2, 0.25) is 12.7 Å². The minimum absolute atomic E-state index is 0.0707.